The lowest BCUT2D eigenvalue weighted by atomic mass is 10.0. The standard InChI is InChI=1S/C23H23N7O2S/c31-21(25-11-16-3-1-2-7-24-16)20-17-13-28(8-6-19(17)30(27-20)12-15-4-5-15)22(32)18-14-29-9-10-33-23(29)26-18/h1-3,7,9-10,14-15H,4-6,8,11-13H2,(H,25,31). The third-order valence-corrected chi connectivity index (χ3v) is 7.00. The molecule has 10 heteroatoms. The molecule has 0 unspecified atom stereocenters. The zero-order chi connectivity index (χ0) is 22.4. The van der Waals surface area contributed by atoms with Gasteiger partial charge in [0.05, 0.1) is 18.8 Å². The summed E-state index contributed by atoms with van der Waals surface area (Å²) in [5.74, 6) is 0.283. The van der Waals surface area contributed by atoms with E-state index >= 15 is 0 Å². The van der Waals surface area contributed by atoms with Crippen LogP contribution in [0.4, 0.5) is 0 Å². The van der Waals surface area contributed by atoms with Crippen molar-refractivity contribution in [2.75, 3.05) is 6.54 Å². The van der Waals surface area contributed by atoms with Gasteiger partial charge in [-0.3, -0.25) is 23.7 Å². The quantitative estimate of drug-likeness (QED) is 0.476. The highest BCUT2D eigenvalue weighted by atomic mass is 32.1. The van der Waals surface area contributed by atoms with E-state index in [9.17, 15) is 9.59 Å². The molecule has 0 saturated heterocycles. The first-order valence-electron chi connectivity index (χ1n) is 11.1. The van der Waals surface area contributed by atoms with Crippen LogP contribution >= 0.6 is 11.3 Å². The summed E-state index contributed by atoms with van der Waals surface area (Å²) in [6, 6.07) is 5.61. The van der Waals surface area contributed by atoms with Crippen molar-refractivity contribution in [2.24, 2.45) is 5.92 Å². The Bertz CT molecular complexity index is 1310. The normalized spacial score (nSPS) is 15.6. The molecular weight excluding hydrogens is 438 g/mol. The van der Waals surface area contributed by atoms with Crippen LogP contribution in [0.1, 0.15) is 50.8 Å². The van der Waals surface area contributed by atoms with E-state index in [2.05, 4.69) is 15.3 Å². The second kappa shape index (κ2) is 8.11. The van der Waals surface area contributed by atoms with Crippen LogP contribution in [-0.2, 0) is 26.1 Å². The Morgan fingerprint density at radius 1 is 1.24 bits per heavy atom. The summed E-state index contributed by atoms with van der Waals surface area (Å²) in [5, 5.41) is 9.59. The van der Waals surface area contributed by atoms with Crippen LogP contribution in [0.5, 0.6) is 0 Å². The third-order valence-electron chi connectivity index (χ3n) is 6.23. The zero-order valence-corrected chi connectivity index (χ0v) is 18.8. The first-order valence-corrected chi connectivity index (χ1v) is 12.0. The molecule has 1 aliphatic heterocycles. The van der Waals surface area contributed by atoms with Gasteiger partial charge < -0.3 is 10.2 Å². The summed E-state index contributed by atoms with van der Waals surface area (Å²) in [5.41, 5.74) is 3.53. The third kappa shape index (κ3) is 3.91. The van der Waals surface area contributed by atoms with E-state index in [4.69, 9.17) is 5.10 Å². The molecule has 33 heavy (non-hydrogen) atoms. The van der Waals surface area contributed by atoms with Crippen LogP contribution in [0.2, 0.25) is 0 Å². The number of nitrogens with zero attached hydrogens (tertiary/aromatic N) is 6. The van der Waals surface area contributed by atoms with Gasteiger partial charge in [-0.2, -0.15) is 5.10 Å². The lowest BCUT2D eigenvalue weighted by Crippen LogP contribution is -2.37. The summed E-state index contributed by atoms with van der Waals surface area (Å²) in [6.07, 6.45) is 8.45. The topological polar surface area (TPSA) is 97.4 Å². The molecular formula is C23H23N7O2S. The molecule has 168 valence electrons. The molecule has 0 spiro atoms. The van der Waals surface area contributed by atoms with Gasteiger partial charge in [-0.1, -0.05) is 6.07 Å². The Kier molecular flexibility index (Phi) is 4.94. The number of pyridine rings is 1. The molecule has 2 amide bonds. The van der Waals surface area contributed by atoms with Gasteiger partial charge in [0, 0.05) is 54.7 Å². The van der Waals surface area contributed by atoms with Crippen LogP contribution in [0.15, 0.2) is 42.2 Å². The second-order valence-electron chi connectivity index (χ2n) is 8.60. The fraction of sp³-hybridized carbons (Fsp3) is 0.348. The van der Waals surface area contributed by atoms with Crippen LogP contribution in [-0.4, -0.2) is 47.4 Å². The molecule has 0 aromatic carbocycles. The highest BCUT2D eigenvalue weighted by Crippen LogP contribution is 2.33. The van der Waals surface area contributed by atoms with Crippen LogP contribution in [0, 0.1) is 5.92 Å². The number of fused-ring (bicyclic) bond motifs is 2. The molecule has 1 aliphatic carbocycles. The van der Waals surface area contributed by atoms with Gasteiger partial charge in [0.2, 0.25) is 0 Å². The Morgan fingerprint density at radius 2 is 2.15 bits per heavy atom. The molecule has 1 N–H and O–H groups in total. The van der Waals surface area contributed by atoms with Gasteiger partial charge >= 0.3 is 0 Å². The SMILES string of the molecule is O=C(NCc1ccccn1)c1nn(CC2CC2)c2c1CN(C(=O)c1cn3ccsc3n1)CC2. The Morgan fingerprint density at radius 3 is 2.94 bits per heavy atom. The van der Waals surface area contributed by atoms with Crippen molar-refractivity contribution < 1.29 is 9.59 Å². The number of imidazole rings is 1. The first kappa shape index (κ1) is 20.1. The van der Waals surface area contributed by atoms with Crippen molar-refractivity contribution in [1.82, 2.24) is 34.4 Å². The Hall–Kier alpha value is -3.53. The van der Waals surface area contributed by atoms with Gasteiger partial charge in [0.1, 0.15) is 5.69 Å². The summed E-state index contributed by atoms with van der Waals surface area (Å²) < 4.78 is 3.86. The van der Waals surface area contributed by atoms with Crippen LogP contribution in [0.3, 0.4) is 0 Å². The lowest BCUT2D eigenvalue weighted by molar-refractivity contribution is 0.0725. The number of carbonyl (C=O) groups excluding carboxylic acids is 2. The number of nitrogens with one attached hydrogen (secondary N) is 1. The van der Waals surface area contributed by atoms with Crippen molar-refractivity contribution >= 4 is 28.1 Å². The predicted octanol–water partition coefficient (Wildman–Crippen LogP) is 2.53. The molecule has 6 rings (SSSR count). The van der Waals surface area contributed by atoms with Gasteiger partial charge in [0.25, 0.3) is 11.8 Å². The molecule has 4 aromatic heterocycles. The summed E-state index contributed by atoms with van der Waals surface area (Å²) in [6.45, 7) is 2.11. The minimum atomic E-state index is -0.233. The fourth-order valence-electron chi connectivity index (χ4n) is 4.29. The molecule has 0 bridgehead atoms. The summed E-state index contributed by atoms with van der Waals surface area (Å²) in [7, 11) is 0. The largest absolute Gasteiger partial charge is 0.345 e. The smallest absolute Gasteiger partial charge is 0.274 e. The predicted molar refractivity (Wildman–Crippen MR) is 122 cm³/mol. The van der Waals surface area contributed by atoms with Gasteiger partial charge in [-0.25, -0.2) is 4.98 Å². The zero-order valence-electron chi connectivity index (χ0n) is 18.0. The van der Waals surface area contributed by atoms with Crippen molar-refractivity contribution in [3.8, 4) is 0 Å². The summed E-state index contributed by atoms with van der Waals surface area (Å²) >= 11 is 1.50. The van der Waals surface area contributed by atoms with Crippen LogP contribution in [0.25, 0.3) is 4.96 Å². The maximum Gasteiger partial charge on any atom is 0.274 e. The number of amides is 2. The maximum atomic E-state index is 13.2. The monoisotopic (exact) mass is 461 g/mol. The Labute approximate surface area is 194 Å². The van der Waals surface area contributed by atoms with E-state index in [1.807, 2.05) is 38.9 Å². The molecule has 4 aromatic rings. The average molecular weight is 462 g/mol. The number of carbonyl (C=O) groups is 2. The molecule has 9 nitrogen and oxygen atoms in total. The fourth-order valence-corrected chi connectivity index (χ4v) is 4.99. The van der Waals surface area contributed by atoms with E-state index in [1.165, 1.54) is 24.2 Å². The first-order chi connectivity index (χ1) is 16.2. The molecule has 1 saturated carbocycles. The van der Waals surface area contributed by atoms with Crippen molar-refractivity contribution in [3.63, 3.8) is 0 Å². The van der Waals surface area contributed by atoms with Gasteiger partial charge in [-0.15, -0.1) is 11.3 Å². The minimum absolute atomic E-state index is 0.119. The maximum absolute atomic E-state index is 13.2. The van der Waals surface area contributed by atoms with E-state index in [-0.39, 0.29) is 11.8 Å². The van der Waals surface area contributed by atoms with E-state index in [1.54, 1.807) is 17.3 Å². The van der Waals surface area contributed by atoms with Crippen molar-refractivity contribution in [3.05, 3.63) is 70.5 Å². The summed E-state index contributed by atoms with van der Waals surface area (Å²) in [4.78, 5) is 37.6. The number of rotatable bonds is 6. The van der Waals surface area contributed by atoms with E-state index < -0.39 is 0 Å². The number of thiazole rings is 1. The molecule has 0 radical (unpaired) electrons. The number of hydrogen-bond donors (Lipinski definition) is 1. The van der Waals surface area contributed by atoms with Gasteiger partial charge in [-0.05, 0) is 30.9 Å². The van der Waals surface area contributed by atoms with Crippen molar-refractivity contribution in [2.45, 2.75) is 38.9 Å². The highest BCUT2D eigenvalue weighted by Gasteiger charge is 2.33. The minimum Gasteiger partial charge on any atom is -0.345 e. The lowest BCUT2D eigenvalue weighted by Gasteiger charge is -2.27. The van der Waals surface area contributed by atoms with Crippen molar-refractivity contribution in [1.29, 1.82) is 0 Å². The molecule has 5 heterocycles. The average Bonchev–Trinajstić information content (AvgIpc) is 3.23. The molecule has 2 aliphatic rings. The van der Waals surface area contributed by atoms with E-state index in [0.29, 0.717) is 43.4 Å². The molecule has 1 fully saturated rings. The van der Waals surface area contributed by atoms with E-state index in [0.717, 1.165) is 28.5 Å². The number of aromatic nitrogens is 5. The second-order valence-corrected chi connectivity index (χ2v) is 9.47. The number of hydrogen-bond acceptors (Lipinski definition) is 6. The van der Waals surface area contributed by atoms with Crippen LogP contribution < -0.4 is 5.32 Å². The van der Waals surface area contributed by atoms with Gasteiger partial charge in [0.15, 0.2) is 10.7 Å². The molecule has 0 atom stereocenters. The Balaban J connectivity index is 1.25. The highest BCUT2D eigenvalue weighted by molar-refractivity contribution is 7.15.